The summed E-state index contributed by atoms with van der Waals surface area (Å²) < 4.78 is 11.6. The monoisotopic (exact) mass is 338 g/mol. The maximum atomic E-state index is 5.91. The largest absolute Gasteiger partial charge is 0.322 e. The molecule has 0 aromatic carbocycles. The molecule has 0 spiro atoms. The molecule has 1 aliphatic carbocycles. The highest BCUT2D eigenvalue weighted by Gasteiger charge is 2.22. The van der Waals surface area contributed by atoms with Crippen LogP contribution in [-0.2, 0) is 20.9 Å². The summed E-state index contributed by atoms with van der Waals surface area (Å²) in [6.07, 6.45) is 15.4. The molecule has 0 N–H and O–H groups in total. The summed E-state index contributed by atoms with van der Waals surface area (Å²) in [5, 5.41) is 0. The average molecular weight is 339 g/mol. The van der Waals surface area contributed by atoms with Gasteiger partial charge in [0.2, 0.25) is 5.69 Å². The Hall–Kier alpha value is 0.920. The third-order valence-electron chi connectivity index (χ3n) is 3.84. The molecule has 0 aromatic rings. The van der Waals surface area contributed by atoms with Crippen LogP contribution in [0, 0.1) is 0 Å². The van der Waals surface area contributed by atoms with Crippen molar-refractivity contribution >= 4 is 29.7 Å². The summed E-state index contributed by atoms with van der Waals surface area (Å²) in [5.74, 6) is 0. The number of unbranched alkanes of at least 4 members (excludes halogenated alkanes) is 6. The van der Waals surface area contributed by atoms with Crippen molar-refractivity contribution in [3.63, 3.8) is 0 Å². The van der Waals surface area contributed by atoms with Gasteiger partial charge in [-0.3, -0.25) is 0 Å². The van der Waals surface area contributed by atoms with E-state index in [1.54, 1.807) is 0 Å². The van der Waals surface area contributed by atoms with Gasteiger partial charge >= 0.3 is 0 Å². The van der Waals surface area contributed by atoms with Crippen LogP contribution in [0.3, 0.4) is 0 Å². The molecule has 1 atom stereocenters. The van der Waals surface area contributed by atoms with Gasteiger partial charge in [-0.25, -0.2) is 0 Å². The highest BCUT2D eigenvalue weighted by molar-refractivity contribution is 8.60. The molecular weight excluding hydrogens is 307 g/mol. The lowest BCUT2D eigenvalue weighted by Crippen LogP contribution is -2.14. The fourth-order valence-electron chi connectivity index (χ4n) is 2.63. The second-order valence-electron chi connectivity index (χ2n) is 5.79. The van der Waals surface area contributed by atoms with E-state index in [1.165, 1.54) is 57.8 Å². The first-order valence-corrected chi connectivity index (χ1v) is 12.1. The molecule has 0 heterocycles. The van der Waals surface area contributed by atoms with Crippen LogP contribution < -0.4 is 0 Å². The molecule has 1 aliphatic rings. The van der Waals surface area contributed by atoms with Gasteiger partial charge in [-0.1, -0.05) is 77.0 Å². The van der Waals surface area contributed by atoms with E-state index in [9.17, 15) is 0 Å². The SMILES string of the molecule is CCCCCCCCCOP(=S)(S)OC1CCCCC1. The van der Waals surface area contributed by atoms with Crippen molar-refractivity contribution in [3.05, 3.63) is 0 Å². The molecule has 1 unspecified atom stereocenters. The van der Waals surface area contributed by atoms with Gasteiger partial charge in [0.05, 0.1) is 12.7 Å². The Morgan fingerprint density at radius 3 is 2.25 bits per heavy atom. The summed E-state index contributed by atoms with van der Waals surface area (Å²) in [7, 11) is 0. The van der Waals surface area contributed by atoms with Crippen LogP contribution in [0.1, 0.15) is 84.0 Å². The van der Waals surface area contributed by atoms with Crippen molar-refractivity contribution in [2.24, 2.45) is 0 Å². The van der Waals surface area contributed by atoms with E-state index < -0.39 is 5.69 Å². The lowest BCUT2D eigenvalue weighted by molar-refractivity contribution is 0.146. The molecule has 1 rings (SSSR count). The van der Waals surface area contributed by atoms with Crippen LogP contribution in [0.2, 0.25) is 0 Å². The summed E-state index contributed by atoms with van der Waals surface area (Å²) in [4.78, 5) is 0. The van der Waals surface area contributed by atoms with E-state index in [-0.39, 0.29) is 0 Å². The molecule has 0 aromatic heterocycles. The van der Waals surface area contributed by atoms with E-state index in [2.05, 4.69) is 19.2 Å². The molecule has 1 saturated carbocycles. The van der Waals surface area contributed by atoms with Gasteiger partial charge in [-0.15, -0.1) is 0 Å². The number of thiol groups is 1. The number of hydrogen-bond acceptors (Lipinski definition) is 3. The zero-order valence-electron chi connectivity index (χ0n) is 12.9. The minimum absolute atomic E-state index is 0.293. The Kier molecular flexibility index (Phi) is 10.9. The van der Waals surface area contributed by atoms with Gasteiger partial charge in [-0.2, -0.15) is 0 Å². The lowest BCUT2D eigenvalue weighted by Gasteiger charge is -2.26. The summed E-state index contributed by atoms with van der Waals surface area (Å²) in [6, 6.07) is 0. The van der Waals surface area contributed by atoms with E-state index >= 15 is 0 Å². The Labute approximate surface area is 135 Å². The molecule has 0 saturated heterocycles. The fourth-order valence-corrected chi connectivity index (χ4v) is 4.87. The second-order valence-corrected chi connectivity index (χ2v) is 11.0. The Bertz CT molecular complexity index is 281. The predicted octanol–water partition coefficient (Wildman–Crippen LogP) is 6.26. The quantitative estimate of drug-likeness (QED) is 0.272. The van der Waals surface area contributed by atoms with Crippen LogP contribution in [0.4, 0.5) is 0 Å². The zero-order chi connectivity index (χ0) is 14.7. The zero-order valence-corrected chi connectivity index (χ0v) is 15.5. The van der Waals surface area contributed by atoms with E-state index in [4.69, 9.17) is 20.9 Å². The summed E-state index contributed by atoms with van der Waals surface area (Å²) in [6.45, 7) is 2.96. The van der Waals surface area contributed by atoms with Crippen molar-refractivity contribution in [2.45, 2.75) is 90.1 Å². The minimum Gasteiger partial charge on any atom is -0.322 e. The Balaban J connectivity index is 2.00. The van der Waals surface area contributed by atoms with Crippen molar-refractivity contribution in [2.75, 3.05) is 6.61 Å². The predicted molar refractivity (Wildman–Crippen MR) is 95.2 cm³/mol. The average Bonchev–Trinajstić information content (AvgIpc) is 2.42. The maximum absolute atomic E-state index is 5.91. The molecule has 20 heavy (non-hydrogen) atoms. The molecule has 2 nitrogen and oxygen atoms in total. The van der Waals surface area contributed by atoms with Gasteiger partial charge in [0.15, 0.2) is 0 Å². The van der Waals surface area contributed by atoms with Gasteiger partial charge in [0.25, 0.3) is 0 Å². The van der Waals surface area contributed by atoms with Gasteiger partial charge < -0.3 is 9.05 Å². The number of hydrogen-bond donors (Lipinski definition) is 1. The van der Waals surface area contributed by atoms with Gasteiger partial charge in [0.1, 0.15) is 0 Å². The minimum atomic E-state index is -2.30. The standard InChI is InChI=1S/C15H31O2PS2/c1-2-3-4-5-6-7-11-14-16-18(19,20)17-15-12-9-8-10-13-15/h15H,2-14H2,1H3,(H,19,20). The molecule has 0 aliphatic heterocycles. The van der Waals surface area contributed by atoms with E-state index in [1.807, 2.05) is 0 Å². The molecule has 5 heteroatoms. The van der Waals surface area contributed by atoms with Crippen LogP contribution >= 0.6 is 17.9 Å². The van der Waals surface area contributed by atoms with Crippen LogP contribution in [0.5, 0.6) is 0 Å². The van der Waals surface area contributed by atoms with Crippen molar-refractivity contribution in [1.82, 2.24) is 0 Å². The third kappa shape index (κ3) is 9.78. The van der Waals surface area contributed by atoms with Crippen LogP contribution in [0.25, 0.3) is 0 Å². The lowest BCUT2D eigenvalue weighted by atomic mass is 9.98. The van der Waals surface area contributed by atoms with Gasteiger partial charge in [-0.05, 0) is 31.1 Å². The third-order valence-corrected chi connectivity index (χ3v) is 6.11. The van der Waals surface area contributed by atoms with Crippen molar-refractivity contribution < 1.29 is 9.05 Å². The second kappa shape index (κ2) is 11.5. The fraction of sp³-hybridized carbons (Fsp3) is 1.00. The molecule has 0 radical (unpaired) electrons. The first-order chi connectivity index (χ1) is 9.64. The maximum Gasteiger partial charge on any atom is 0.244 e. The molecule has 120 valence electrons. The molecular formula is C15H31O2PS2. The van der Waals surface area contributed by atoms with Gasteiger partial charge in [0, 0.05) is 0 Å². The topological polar surface area (TPSA) is 18.5 Å². The van der Waals surface area contributed by atoms with Crippen LogP contribution in [0.15, 0.2) is 0 Å². The highest BCUT2D eigenvalue weighted by atomic mass is 32.9. The van der Waals surface area contributed by atoms with Crippen molar-refractivity contribution in [1.29, 1.82) is 0 Å². The smallest absolute Gasteiger partial charge is 0.244 e. The first kappa shape index (κ1) is 19.0. The number of rotatable bonds is 11. The molecule has 0 amide bonds. The van der Waals surface area contributed by atoms with Crippen LogP contribution in [-0.4, -0.2) is 12.7 Å². The summed E-state index contributed by atoms with van der Waals surface area (Å²) in [5.41, 5.74) is -2.30. The Morgan fingerprint density at radius 2 is 1.60 bits per heavy atom. The Morgan fingerprint density at radius 1 is 1.00 bits per heavy atom. The van der Waals surface area contributed by atoms with Crippen molar-refractivity contribution in [3.8, 4) is 0 Å². The van der Waals surface area contributed by atoms with E-state index in [0.717, 1.165) is 19.3 Å². The van der Waals surface area contributed by atoms with E-state index in [0.29, 0.717) is 12.7 Å². The first-order valence-electron chi connectivity index (χ1n) is 8.30. The normalized spacial score (nSPS) is 19.9. The molecule has 0 bridgehead atoms. The summed E-state index contributed by atoms with van der Waals surface area (Å²) >= 11 is 9.84. The molecule has 1 fully saturated rings. The highest BCUT2D eigenvalue weighted by Crippen LogP contribution is 2.55.